The van der Waals surface area contributed by atoms with E-state index in [-0.39, 0.29) is 24.8 Å². The zero-order chi connectivity index (χ0) is 19.7. The molecule has 1 aliphatic rings. The molecule has 0 bridgehead atoms. The van der Waals surface area contributed by atoms with Crippen molar-refractivity contribution in [3.63, 3.8) is 0 Å². The predicted octanol–water partition coefficient (Wildman–Crippen LogP) is 4.77. The van der Waals surface area contributed by atoms with Crippen LogP contribution in [0.15, 0.2) is 53.7 Å². The lowest BCUT2D eigenvalue weighted by molar-refractivity contribution is -0.693. The lowest BCUT2D eigenvalue weighted by Crippen LogP contribution is -2.43. The van der Waals surface area contributed by atoms with Crippen LogP contribution in [0.1, 0.15) is 24.7 Å². The molecular formula is C22H22Cl3N3O. The fraction of sp³-hybridized carbons (Fsp3) is 0.273. The molecule has 7 heteroatoms. The van der Waals surface area contributed by atoms with E-state index in [4.69, 9.17) is 23.2 Å². The summed E-state index contributed by atoms with van der Waals surface area (Å²) in [5.74, 6) is 0.987. The Kier molecular flexibility index (Phi) is 6.89. The molecule has 0 unspecified atom stereocenters. The van der Waals surface area contributed by atoms with Gasteiger partial charge in [-0.2, -0.15) is 0 Å². The summed E-state index contributed by atoms with van der Waals surface area (Å²) < 4.78 is 4.26. The van der Waals surface area contributed by atoms with Crippen LogP contribution >= 0.6 is 35.6 Å². The second-order valence-electron chi connectivity index (χ2n) is 6.97. The number of fused-ring (bicyclic) bond motifs is 1. The molecular weight excluding hydrogens is 429 g/mol. The molecule has 0 amide bonds. The quantitative estimate of drug-likeness (QED) is 0.314. The third kappa shape index (κ3) is 4.61. The fourth-order valence-corrected chi connectivity index (χ4v) is 3.96. The summed E-state index contributed by atoms with van der Waals surface area (Å²) in [6.07, 6.45) is 4.99. The SMILES string of the molecule is CCc1ccc(N=C([O-])C[n+]2cc(-c3ccc(Cl)c(Cl)c3)n3c2CCC3)cc1.Cl. The Balaban J connectivity index is 0.00000240. The van der Waals surface area contributed by atoms with Crippen molar-refractivity contribution < 1.29 is 9.67 Å². The first-order valence-electron chi connectivity index (χ1n) is 9.46. The Morgan fingerprint density at radius 1 is 1.14 bits per heavy atom. The molecule has 2 heterocycles. The number of halogens is 3. The average molecular weight is 451 g/mol. The summed E-state index contributed by atoms with van der Waals surface area (Å²) in [4.78, 5) is 4.26. The molecule has 0 N–H and O–H groups in total. The highest BCUT2D eigenvalue weighted by Gasteiger charge is 2.28. The van der Waals surface area contributed by atoms with Crippen LogP contribution in [-0.4, -0.2) is 10.5 Å². The van der Waals surface area contributed by atoms with Gasteiger partial charge in [0.1, 0.15) is 12.7 Å². The van der Waals surface area contributed by atoms with Gasteiger partial charge in [-0.25, -0.2) is 9.13 Å². The number of benzene rings is 2. The largest absolute Gasteiger partial charge is 0.859 e. The Morgan fingerprint density at radius 3 is 2.59 bits per heavy atom. The molecule has 4 nitrogen and oxygen atoms in total. The van der Waals surface area contributed by atoms with E-state index in [1.165, 1.54) is 5.56 Å². The molecule has 0 fully saturated rings. The van der Waals surface area contributed by atoms with Crippen LogP contribution in [0, 0.1) is 0 Å². The van der Waals surface area contributed by atoms with Gasteiger partial charge in [0.25, 0.3) is 5.82 Å². The highest BCUT2D eigenvalue weighted by molar-refractivity contribution is 6.42. The van der Waals surface area contributed by atoms with E-state index in [0.717, 1.165) is 42.9 Å². The van der Waals surface area contributed by atoms with E-state index in [9.17, 15) is 5.11 Å². The Labute approximate surface area is 186 Å². The maximum atomic E-state index is 12.5. The highest BCUT2D eigenvalue weighted by Crippen LogP contribution is 2.30. The minimum absolute atomic E-state index is 0. The molecule has 1 aliphatic heterocycles. The first-order valence-corrected chi connectivity index (χ1v) is 10.2. The number of rotatable bonds is 5. The van der Waals surface area contributed by atoms with Gasteiger partial charge in [0.05, 0.1) is 28.7 Å². The maximum absolute atomic E-state index is 12.5. The summed E-state index contributed by atoms with van der Waals surface area (Å²) in [6.45, 7) is 3.26. The van der Waals surface area contributed by atoms with Gasteiger partial charge in [-0.05, 0) is 48.7 Å². The van der Waals surface area contributed by atoms with Gasteiger partial charge in [0, 0.05) is 11.5 Å². The van der Waals surface area contributed by atoms with Gasteiger partial charge < -0.3 is 5.11 Å². The maximum Gasteiger partial charge on any atom is 0.257 e. The van der Waals surface area contributed by atoms with Crippen molar-refractivity contribution in [3.8, 4) is 11.3 Å². The van der Waals surface area contributed by atoms with Crippen LogP contribution in [0.3, 0.4) is 0 Å². The van der Waals surface area contributed by atoms with Crippen molar-refractivity contribution in [2.24, 2.45) is 4.99 Å². The number of aryl methyl sites for hydroxylation is 1. The Bertz CT molecular complexity index is 1040. The molecule has 4 rings (SSSR count). The van der Waals surface area contributed by atoms with Gasteiger partial charge in [-0.15, -0.1) is 12.4 Å². The van der Waals surface area contributed by atoms with E-state index in [0.29, 0.717) is 15.7 Å². The molecule has 0 saturated heterocycles. The van der Waals surface area contributed by atoms with Crippen molar-refractivity contribution in [3.05, 3.63) is 70.1 Å². The Morgan fingerprint density at radius 2 is 1.90 bits per heavy atom. The first-order chi connectivity index (χ1) is 13.5. The molecule has 0 radical (unpaired) electrons. The topological polar surface area (TPSA) is 44.2 Å². The van der Waals surface area contributed by atoms with Gasteiger partial charge in [-0.3, -0.25) is 4.99 Å². The number of nitrogens with zero attached hydrogens (tertiary/aromatic N) is 3. The predicted molar refractivity (Wildman–Crippen MR) is 119 cm³/mol. The molecule has 3 aromatic rings. The van der Waals surface area contributed by atoms with Gasteiger partial charge >= 0.3 is 0 Å². The van der Waals surface area contributed by atoms with Gasteiger partial charge in [0.15, 0.2) is 5.69 Å². The molecule has 1 aromatic heterocycles. The number of imidazole rings is 1. The van der Waals surface area contributed by atoms with E-state index < -0.39 is 0 Å². The zero-order valence-corrected chi connectivity index (χ0v) is 18.4. The molecule has 0 spiro atoms. The average Bonchev–Trinajstić information content (AvgIpc) is 3.29. The molecule has 0 aliphatic carbocycles. The number of aliphatic imine (C=N–C) groups is 1. The monoisotopic (exact) mass is 449 g/mol. The van der Waals surface area contributed by atoms with Crippen LogP contribution in [0.4, 0.5) is 5.69 Å². The standard InChI is InChI=1S/C22H21Cl2N3O.ClH/c1-2-15-5-8-17(9-6-15)25-21(28)14-26-13-20(27-11-3-4-22(26)27)16-7-10-18(23)19(24)12-16;/h5-10,12-13H,2-4,11,14H2,1H3;1H. The van der Waals surface area contributed by atoms with E-state index >= 15 is 0 Å². The summed E-state index contributed by atoms with van der Waals surface area (Å²) in [5, 5.41) is 13.6. The smallest absolute Gasteiger partial charge is 0.257 e. The second-order valence-corrected chi connectivity index (χ2v) is 7.78. The van der Waals surface area contributed by atoms with E-state index in [1.807, 2.05) is 47.2 Å². The van der Waals surface area contributed by atoms with Crippen molar-refractivity contribution in [2.45, 2.75) is 39.3 Å². The number of aromatic nitrogens is 2. The second kappa shape index (κ2) is 9.21. The summed E-state index contributed by atoms with van der Waals surface area (Å²) in [5.41, 5.74) is 3.97. The van der Waals surface area contributed by atoms with Crippen molar-refractivity contribution in [2.75, 3.05) is 0 Å². The normalized spacial score (nSPS) is 13.3. The van der Waals surface area contributed by atoms with Gasteiger partial charge in [0.2, 0.25) is 0 Å². The zero-order valence-electron chi connectivity index (χ0n) is 16.1. The summed E-state index contributed by atoms with van der Waals surface area (Å²) in [6, 6.07) is 13.4. The third-order valence-electron chi connectivity index (χ3n) is 5.11. The lowest BCUT2D eigenvalue weighted by atomic mass is 10.1. The lowest BCUT2D eigenvalue weighted by Gasteiger charge is -2.09. The molecule has 0 saturated carbocycles. The third-order valence-corrected chi connectivity index (χ3v) is 5.85. The van der Waals surface area contributed by atoms with Crippen LogP contribution in [0.25, 0.3) is 11.3 Å². The Hall–Kier alpha value is -2.01. The molecule has 152 valence electrons. The van der Waals surface area contributed by atoms with E-state index in [1.54, 1.807) is 6.07 Å². The summed E-state index contributed by atoms with van der Waals surface area (Å²) >= 11 is 12.3. The minimum atomic E-state index is -0.157. The minimum Gasteiger partial charge on any atom is -0.859 e. The molecule has 29 heavy (non-hydrogen) atoms. The first kappa shape index (κ1) is 21.7. The molecule has 0 atom stereocenters. The van der Waals surface area contributed by atoms with Crippen LogP contribution in [0.5, 0.6) is 0 Å². The molecule has 2 aromatic carbocycles. The van der Waals surface area contributed by atoms with Crippen molar-refractivity contribution in [1.82, 2.24) is 4.57 Å². The highest BCUT2D eigenvalue weighted by atomic mass is 35.5. The fourth-order valence-electron chi connectivity index (χ4n) is 3.66. The van der Waals surface area contributed by atoms with Crippen LogP contribution < -0.4 is 9.67 Å². The van der Waals surface area contributed by atoms with Gasteiger partial charge in [-0.1, -0.05) is 42.3 Å². The number of hydrogen-bond donors (Lipinski definition) is 0. The number of hydrogen-bond acceptors (Lipinski definition) is 2. The van der Waals surface area contributed by atoms with Crippen molar-refractivity contribution in [1.29, 1.82) is 0 Å². The van der Waals surface area contributed by atoms with Crippen molar-refractivity contribution >= 4 is 47.2 Å². The van der Waals surface area contributed by atoms with E-state index in [2.05, 4.69) is 16.5 Å². The van der Waals surface area contributed by atoms with Crippen LogP contribution in [-0.2, 0) is 25.9 Å². The summed E-state index contributed by atoms with van der Waals surface area (Å²) in [7, 11) is 0. The van der Waals surface area contributed by atoms with Crippen LogP contribution in [0.2, 0.25) is 10.0 Å².